The lowest BCUT2D eigenvalue weighted by Crippen LogP contribution is -2.16. The van der Waals surface area contributed by atoms with Crippen LogP contribution < -0.4 is 14.8 Å². The third-order valence-corrected chi connectivity index (χ3v) is 4.36. The Labute approximate surface area is 132 Å². The first kappa shape index (κ1) is 16.4. The van der Waals surface area contributed by atoms with Crippen LogP contribution in [0.15, 0.2) is 29.8 Å². The van der Waals surface area contributed by atoms with Gasteiger partial charge in [0.15, 0.2) is 11.5 Å². The summed E-state index contributed by atoms with van der Waals surface area (Å²) < 4.78 is 10.5. The second-order valence-corrected chi connectivity index (χ2v) is 6.63. The maximum absolute atomic E-state index is 12.5. The number of hydrogen-bond donors (Lipinski definition) is 1. The molecule has 4 heteroatoms. The van der Waals surface area contributed by atoms with Crippen LogP contribution >= 0.6 is 0 Å². The van der Waals surface area contributed by atoms with Crippen LogP contribution in [0.25, 0.3) is 0 Å². The highest BCUT2D eigenvalue weighted by molar-refractivity contribution is 5.96. The molecule has 0 radical (unpaired) electrons. The molecule has 120 valence electrons. The number of anilines is 1. The number of hydrogen-bond acceptors (Lipinski definition) is 3. The fourth-order valence-corrected chi connectivity index (χ4v) is 2.98. The molecule has 1 fully saturated rings. The van der Waals surface area contributed by atoms with Gasteiger partial charge >= 0.3 is 0 Å². The molecule has 0 bridgehead atoms. The maximum atomic E-state index is 12.5. The molecule has 1 aliphatic rings. The molecule has 4 nitrogen and oxygen atoms in total. The van der Waals surface area contributed by atoms with Gasteiger partial charge in [-0.3, -0.25) is 4.79 Å². The van der Waals surface area contributed by atoms with E-state index in [0.29, 0.717) is 17.4 Å². The van der Waals surface area contributed by atoms with Crippen LogP contribution in [0.4, 0.5) is 5.69 Å². The molecule has 1 N–H and O–H groups in total. The number of rotatable bonds is 5. The Balaban J connectivity index is 2.12. The Morgan fingerprint density at radius 2 is 1.82 bits per heavy atom. The van der Waals surface area contributed by atoms with Crippen molar-refractivity contribution in [3.8, 4) is 11.5 Å². The minimum Gasteiger partial charge on any atom is -0.493 e. The Kier molecular flexibility index (Phi) is 4.50. The summed E-state index contributed by atoms with van der Waals surface area (Å²) in [6.45, 7) is 8.40. The number of amides is 1. The number of carbonyl (C=O) groups excluding carboxylic acids is 1. The zero-order chi connectivity index (χ0) is 16.5. The molecule has 1 aromatic rings. The molecular formula is C18H25NO3. The molecule has 0 saturated heterocycles. The highest BCUT2D eigenvalue weighted by Gasteiger charge is 2.60. The Bertz CT molecular complexity index is 600. The second-order valence-electron chi connectivity index (χ2n) is 6.63. The van der Waals surface area contributed by atoms with Gasteiger partial charge in [0.05, 0.1) is 20.1 Å². The van der Waals surface area contributed by atoms with E-state index in [9.17, 15) is 4.79 Å². The molecule has 0 aliphatic heterocycles. The summed E-state index contributed by atoms with van der Waals surface area (Å²) in [6, 6.07) is 5.40. The number of carbonyl (C=O) groups is 1. The third-order valence-electron chi connectivity index (χ3n) is 4.36. The van der Waals surface area contributed by atoms with Gasteiger partial charge in [0.2, 0.25) is 5.91 Å². The average molecular weight is 303 g/mol. The highest BCUT2D eigenvalue weighted by Crippen LogP contribution is 2.59. The first-order valence-corrected chi connectivity index (χ1v) is 7.49. The Hall–Kier alpha value is -1.97. The topological polar surface area (TPSA) is 47.6 Å². The van der Waals surface area contributed by atoms with E-state index in [2.05, 4.69) is 39.1 Å². The lowest BCUT2D eigenvalue weighted by atomic mass is 10.1. The maximum Gasteiger partial charge on any atom is 0.228 e. The van der Waals surface area contributed by atoms with E-state index in [1.54, 1.807) is 26.4 Å². The van der Waals surface area contributed by atoms with Crippen LogP contribution in [0.2, 0.25) is 0 Å². The van der Waals surface area contributed by atoms with Gasteiger partial charge in [-0.05, 0) is 37.3 Å². The van der Waals surface area contributed by atoms with Crippen molar-refractivity contribution >= 4 is 11.6 Å². The zero-order valence-electron chi connectivity index (χ0n) is 14.2. The SMILES string of the molecule is COc1ccc(NC(=O)[C@H]2[C@@H](C=C(C)C)C2(C)C)cc1OC. The van der Waals surface area contributed by atoms with E-state index in [1.165, 1.54) is 5.57 Å². The summed E-state index contributed by atoms with van der Waals surface area (Å²) in [5.74, 6) is 1.62. The van der Waals surface area contributed by atoms with Crippen molar-refractivity contribution in [2.24, 2.45) is 17.3 Å². The lowest BCUT2D eigenvalue weighted by molar-refractivity contribution is -0.118. The van der Waals surface area contributed by atoms with Gasteiger partial charge < -0.3 is 14.8 Å². The normalized spacial score (nSPS) is 21.7. The van der Waals surface area contributed by atoms with Crippen LogP contribution in [-0.2, 0) is 4.79 Å². The first-order chi connectivity index (χ1) is 10.3. The summed E-state index contributed by atoms with van der Waals surface area (Å²) in [5, 5.41) is 2.98. The molecule has 0 spiro atoms. The van der Waals surface area contributed by atoms with E-state index in [0.717, 1.165) is 5.69 Å². The standard InChI is InChI=1S/C18H25NO3/c1-11(2)9-13-16(18(13,3)4)17(20)19-12-7-8-14(21-5)15(10-12)22-6/h7-10,13,16H,1-6H3,(H,19,20)/t13-,16-/m1/s1. The lowest BCUT2D eigenvalue weighted by Gasteiger charge is -2.11. The van der Waals surface area contributed by atoms with Crippen LogP contribution in [0.1, 0.15) is 27.7 Å². The van der Waals surface area contributed by atoms with Gasteiger partial charge in [0, 0.05) is 11.8 Å². The Morgan fingerprint density at radius 3 is 2.36 bits per heavy atom. The molecule has 22 heavy (non-hydrogen) atoms. The number of nitrogens with one attached hydrogen (secondary N) is 1. The molecule has 0 heterocycles. The van der Waals surface area contributed by atoms with Crippen molar-refractivity contribution < 1.29 is 14.3 Å². The van der Waals surface area contributed by atoms with Gasteiger partial charge in [0.1, 0.15) is 0 Å². The average Bonchev–Trinajstić information content (AvgIpc) is 2.98. The molecule has 1 aromatic carbocycles. The van der Waals surface area contributed by atoms with Crippen molar-refractivity contribution in [3.63, 3.8) is 0 Å². The smallest absolute Gasteiger partial charge is 0.228 e. The van der Waals surface area contributed by atoms with Crippen LogP contribution in [0.5, 0.6) is 11.5 Å². The van der Waals surface area contributed by atoms with Crippen LogP contribution in [0, 0.1) is 17.3 Å². The van der Waals surface area contributed by atoms with Crippen molar-refractivity contribution in [3.05, 3.63) is 29.8 Å². The summed E-state index contributed by atoms with van der Waals surface area (Å²) in [4.78, 5) is 12.5. The zero-order valence-corrected chi connectivity index (χ0v) is 14.2. The van der Waals surface area contributed by atoms with Crippen molar-refractivity contribution in [2.75, 3.05) is 19.5 Å². The van der Waals surface area contributed by atoms with Crippen LogP contribution in [-0.4, -0.2) is 20.1 Å². The summed E-state index contributed by atoms with van der Waals surface area (Å²) in [7, 11) is 3.17. The predicted molar refractivity (Wildman–Crippen MR) is 88.4 cm³/mol. The molecular weight excluding hydrogens is 278 g/mol. The van der Waals surface area contributed by atoms with E-state index in [-0.39, 0.29) is 17.2 Å². The number of ether oxygens (including phenoxy) is 2. The van der Waals surface area contributed by atoms with Crippen molar-refractivity contribution in [2.45, 2.75) is 27.7 Å². The minimum absolute atomic E-state index is 0.00972. The molecule has 2 atom stereocenters. The van der Waals surface area contributed by atoms with Gasteiger partial charge in [0.25, 0.3) is 0 Å². The second kappa shape index (κ2) is 6.03. The number of methoxy groups -OCH3 is 2. The quantitative estimate of drug-likeness (QED) is 0.840. The molecule has 0 aromatic heterocycles. The van der Waals surface area contributed by atoms with E-state index >= 15 is 0 Å². The molecule has 0 unspecified atom stereocenters. The van der Waals surface area contributed by atoms with Gasteiger partial charge in [-0.25, -0.2) is 0 Å². The molecule has 1 saturated carbocycles. The third kappa shape index (κ3) is 3.11. The summed E-state index contributed by atoms with van der Waals surface area (Å²) in [6.07, 6.45) is 2.19. The van der Waals surface area contributed by atoms with E-state index in [1.807, 2.05) is 6.07 Å². The van der Waals surface area contributed by atoms with Gasteiger partial charge in [-0.1, -0.05) is 25.5 Å². The predicted octanol–water partition coefficient (Wildman–Crippen LogP) is 3.88. The minimum atomic E-state index is 0.00972. The Morgan fingerprint density at radius 1 is 1.18 bits per heavy atom. The largest absolute Gasteiger partial charge is 0.493 e. The van der Waals surface area contributed by atoms with Gasteiger partial charge in [-0.15, -0.1) is 0 Å². The highest BCUT2D eigenvalue weighted by atomic mass is 16.5. The monoisotopic (exact) mass is 303 g/mol. The summed E-state index contributed by atoms with van der Waals surface area (Å²) in [5.41, 5.74) is 1.98. The van der Waals surface area contributed by atoms with Gasteiger partial charge in [-0.2, -0.15) is 0 Å². The molecule has 1 amide bonds. The number of benzene rings is 1. The number of allylic oxidation sites excluding steroid dienone is 2. The molecule has 2 rings (SSSR count). The fourth-order valence-electron chi connectivity index (χ4n) is 2.98. The van der Waals surface area contributed by atoms with Crippen LogP contribution in [0.3, 0.4) is 0 Å². The first-order valence-electron chi connectivity index (χ1n) is 7.49. The fraction of sp³-hybridized carbons (Fsp3) is 0.500. The van der Waals surface area contributed by atoms with Crippen molar-refractivity contribution in [1.82, 2.24) is 0 Å². The summed E-state index contributed by atoms with van der Waals surface area (Å²) >= 11 is 0. The van der Waals surface area contributed by atoms with Crippen molar-refractivity contribution in [1.29, 1.82) is 0 Å². The molecule has 1 aliphatic carbocycles. The van der Waals surface area contributed by atoms with E-state index < -0.39 is 0 Å². The van der Waals surface area contributed by atoms with E-state index in [4.69, 9.17) is 9.47 Å².